The molecule has 0 aliphatic carbocycles. The second kappa shape index (κ2) is 4.94. The van der Waals surface area contributed by atoms with Crippen LogP contribution in [-0.2, 0) is 4.74 Å². The van der Waals surface area contributed by atoms with Gasteiger partial charge in [0.1, 0.15) is 5.72 Å². The van der Waals surface area contributed by atoms with Gasteiger partial charge in [0, 0.05) is 19.6 Å². The molecule has 0 radical (unpaired) electrons. The lowest BCUT2D eigenvalue weighted by Gasteiger charge is -2.34. The maximum Gasteiger partial charge on any atom is 0.124 e. The van der Waals surface area contributed by atoms with E-state index in [4.69, 9.17) is 9.84 Å². The van der Waals surface area contributed by atoms with Gasteiger partial charge in [0.25, 0.3) is 0 Å². The molecule has 0 bridgehead atoms. The Morgan fingerprint density at radius 2 is 2.38 bits per heavy atom. The van der Waals surface area contributed by atoms with Crippen molar-refractivity contribution in [2.24, 2.45) is 5.92 Å². The van der Waals surface area contributed by atoms with Gasteiger partial charge in [-0.2, -0.15) is 0 Å². The molecule has 13 heavy (non-hydrogen) atoms. The lowest BCUT2D eigenvalue weighted by atomic mass is 9.91. The van der Waals surface area contributed by atoms with E-state index in [0.717, 1.165) is 19.6 Å². The molecule has 1 aliphatic heterocycles. The summed E-state index contributed by atoms with van der Waals surface area (Å²) in [6.07, 6.45) is 3.01. The van der Waals surface area contributed by atoms with Gasteiger partial charge in [-0.1, -0.05) is 20.3 Å². The van der Waals surface area contributed by atoms with Crippen molar-refractivity contribution in [2.45, 2.75) is 38.8 Å². The molecule has 1 heterocycles. The van der Waals surface area contributed by atoms with Crippen LogP contribution in [0.25, 0.3) is 0 Å². The highest BCUT2D eigenvalue weighted by atomic mass is 16.5. The summed E-state index contributed by atoms with van der Waals surface area (Å²) in [5.74, 6) is 0.479. The lowest BCUT2D eigenvalue weighted by Crippen LogP contribution is -2.47. The van der Waals surface area contributed by atoms with E-state index in [1.165, 1.54) is 6.42 Å². The van der Waals surface area contributed by atoms with E-state index in [9.17, 15) is 0 Å². The third-order valence-corrected chi connectivity index (χ3v) is 2.89. The first kappa shape index (κ1) is 11.0. The normalized spacial score (nSPS) is 30.7. The molecule has 1 rings (SSSR count). The Morgan fingerprint density at radius 3 is 2.85 bits per heavy atom. The third kappa shape index (κ3) is 2.42. The van der Waals surface area contributed by atoms with Gasteiger partial charge in [-0.15, -0.1) is 0 Å². The molecular formula is C10H21NO2. The molecule has 1 aliphatic rings. The van der Waals surface area contributed by atoms with Gasteiger partial charge >= 0.3 is 0 Å². The maximum atomic E-state index is 8.99. The van der Waals surface area contributed by atoms with Crippen LogP contribution in [0.2, 0.25) is 0 Å². The predicted octanol–water partition coefficient (Wildman–Crippen LogP) is 1.12. The Kier molecular flexibility index (Phi) is 4.16. The van der Waals surface area contributed by atoms with Gasteiger partial charge in [0.05, 0.1) is 6.61 Å². The summed E-state index contributed by atoms with van der Waals surface area (Å²) in [5, 5.41) is 12.4. The summed E-state index contributed by atoms with van der Waals surface area (Å²) in [6.45, 7) is 6.25. The number of aliphatic hydroxyl groups is 1. The van der Waals surface area contributed by atoms with Crippen LogP contribution in [0.15, 0.2) is 0 Å². The second-order valence-corrected chi connectivity index (χ2v) is 3.83. The molecule has 0 aromatic rings. The first-order chi connectivity index (χ1) is 6.25. The number of rotatable bonds is 5. The van der Waals surface area contributed by atoms with Gasteiger partial charge in [0.2, 0.25) is 0 Å². The first-order valence-corrected chi connectivity index (χ1v) is 5.25. The van der Waals surface area contributed by atoms with Crippen LogP contribution in [-0.4, -0.2) is 30.6 Å². The molecule has 2 atom stereocenters. The Bertz CT molecular complexity index is 144. The minimum absolute atomic E-state index is 0.195. The van der Waals surface area contributed by atoms with E-state index in [-0.39, 0.29) is 12.3 Å². The van der Waals surface area contributed by atoms with Crippen molar-refractivity contribution in [3.8, 4) is 0 Å². The quantitative estimate of drug-likeness (QED) is 0.677. The van der Waals surface area contributed by atoms with Crippen molar-refractivity contribution >= 4 is 0 Å². The smallest absolute Gasteiger partial charge is 0.124 e. The number of hydrogen-bond acceptors (Lipinski definition) is 3. The Labute approximate surface area is 80.5 Å². The van der Waals surface area contributed by atoms with E-state index in [1.54, 1.807) is 0 Å². The van der Waals surface area contributed by atoms with Crippen molar-refractivity contribution < 1.29 is 9.84 Å². The average molecular weight is 187 g/mol. The van der Waals surface area contributed by atoms with Crippen LogP contribution in [0.4, 0.5) is 0 Å². The molecule has 0 aromatic heterocycles. The maximum absolute atomic E-state index is 8.99. The Morgan fingerprint density at radius 1 is 1.62 bits per heavy atom. The minimum atomic E-state index is -0.245. The Hall–Kier alpha value is -0.120. The fourth-order valence-corrected chi connectivity index (χ4v) is 2.10. The Balaban J connectivity index is 2.54. The van der Waals surface area contributed by atoms with Crippen molar-refractivity contribution in [1.82, 2.24) is 5.32 Å². The molecule has 3 nitrogen and oxygen atoms in total. The summed E-state index contributed by atoms with van der Waals surface area (Å²) in [5.41, 5.74) is -0.245. The minimum Gasteiger partial charge on any atom is -0.396 e. The largest absolute Gasteiger partial charge is 0.396 e. The monoisotopic (exact) mass is 187 g/mol. The van der Waals surface area contributed by atoms with Crippen molar-refractivity contribution in [3.05, 3.63) is 0 Å². The van der Waals surface area contributed by atoms with Gasteiger partial charge in [-0.25, -0.2) is 0 Å². The fraction of sp³-hybridized carbons (Fsp3) is 1.00. The molecule has 0 saturated carbocycles. The predicted molar refractivity (Wildman–Crippen MR) is 52.5 cm³/mol. The highest BCUT2D eigenvalue weighted by molar-refractivity contribution is 4.87. The number of nitrogens with one attached hydrogen (secondary N) is 1. The highest BCUT2D eigenvalue weighted by Crippen LogP contribution is 2.29. The SMILES string of the molecule is CCCC(C)C1(CCO)NCCO1. The number of aliphatic hydroxyl groups excluding tert-OH is 1. The summed E-state index contributed by atoms with van der Waals surface area (Å²) < 4.78 is 5.72. The summed E-state index contributed by atoms with van der Waals surface area (Å²) in [6, 6.07) is 0. The molecule has 0 amide bonds. The zero-order valence-electron chi connectivity index (χ0n) is 8.68. The summed E-state index contributed by atoms with van der Waals surface area (Å²) >= 11 is 0. The number of hydrogen-bond donors (Lipinski definition) is 2. The topological polar surface area (TPSA) is 41.5 Å². The van der Waals surface area contributed by atoms with Crippen LogP contribution < -0.4 is 5.32 Å². The van der Waals surface area contributed by atoms with E-state index in [2.05, 4.69) is 19.2 Å². The van der Waals surface area contributed by atoms with Gasteiger partial charge in [-0.3, -0.25) is 5.32 Å². The molecule has 2 N–H and O–H groups in total. The number of ether oxygens (including phenoxy) is 1. The third-order valence-electron chi connectivity index (χ3n) is 2.89. The zero-order chi connectivity index (χ0) is 9.73. The standard InChI is InChI=1S/C10H21NO2/c1-3-4-9(2)10(5-7-12)11-6-8-13-10/h9,11-12H,3-8H2,1-2H3. The molecule has 2 unspecified atom stereocenters. The molecule has 0 aromatic carbocycles. The van der Waals surface area contributed by atoms with Crippen LogP contribution in [0.5, 0.6) is 0 Å². The van der Waals surface area contributed by atoms with Crippen LogP contribution in [0.3, 0.4) is 0 Å². The highest BCUT2D eigenvalue weighted by Gasteiger charge is 2.38. The molecule has 0 spiro atoms. The van der Waals surface area contributed by atoms with E-state index in [1.807, 2.05) is 0 Å². The molecule has 3 heteroatoms. The van der Waals surface area contributed by atoms with Crippen LogP contribution >= 0.6 is 0 Å². The second-order valence-electron chi connectivity index (χ2n) is 3.83. The van der Waals surface area contributed by atoms with E-state index >= 15 is 0 Å². The summed E-state index contributed by atoms with van der Waals surface area (Å²) in [4.78, 5) is 0. The molecule has 78 valence electrons. The first-order valence-electron chi connectivity index (χ1n) is 5.25. The van der Waals surface area contributed by atoms with Crippen molar-refractivity contribution in [2.75, 3.05) is 19.8 Å². The van der Waals surface area contributed by atoms with Gasteiger partial charge < -0.3 is 9.84 Å². The van der Waals surface area contributed by atoms with Gasteiger partial charge in [-0.05, 0) is 12.3 Å². The fourth-order valence-electron chi connectivity index (χ4n) is 2.10. The van der Waals surface area contributed by atoms with E-state index < -0.39 is 0 Å². The summed E-state index contributed by atoms with van der Waals surface area (Å²) in [7, 11) is 0. The van der Waals surface area contributed by atoms with Crippen LogP contribution in [0.1, 0.15) is 33.1 Å². The average Bonchev–Trinajstić information content (AvgIpc) is 2.55. The lowest BCUT2D eigenvalue weighted by molar-refractivity contribution is -0.0704. The van der Waals surface area contributed by atoms with E-state index in [0.29, 0.717) is 12.3 Å². The van der Waals surface area contributed by atoms with Gasteiger partial charge in [0.15, 0.2) is 0 Å². The molecule has 1 fully saturated rings. The van der Waals surface area contributed by atoms with Crippen LogP contribution in [0, 0.1) is 5.92 Å². The van der Waals surface area contributed by atoms with Crippen molar-refractivity contribution in [1.29, 1.82) is 0 Å². The van der Waals surface area contributed by atoms with Crippen molar-refractivity contribution in [3.63, 3.8) is 0 Å². The zero-order valence-corrected chi connectivity index (χ0v) is 8.68. The molecule has 1 saturated heterocycles. The molecular weight excluding hydrogens is 166 g/mol.